The van der Waals surface area contributed by atoms with Gasteiger partial charge in [0.25, 0.3) is 0 Å². The van der Waals surface area contributed by atoms with Gasteiger partial charge >= 0.3 is 0 Å². The van der Waals surface area contributed by atoms with Crippen molar-refractivity contribution in [1.29, 1.82) is 0 Å². The van der Waals surface area contributed by atoms with E-state index < -0.39 is 0 Å². The predicted octanol–water partition coefficient (Wildman–Crippen LogP) is 2.55. The molecule has 1 aromatic carbocycles. The first-order chi connectivity index (χ1) is 9.79. The zero-order chi connectivity index (χ0) is 13.9. The molecule has 0 amide bonds. The van der Waals surface area contributed by atoms with Crippen molar-refractivity contribution in [2.45, 2.75) is 44.7 Å². The number of benzene rings is 1. The molecule has 20 heavy (non-hydrogen) atoms. The molecule has 2 atom stereocenters. The molecule has 4 heteroatoms. The third kappa shape index (κ3) is 2.52. The van der Waals surface area contributed by atoms with Crippen molar-refractivity contribution in [2.75, 3.05) is 6.54 Å². The van der Waals surface area contributed by atoms with Crippen molar-refractivity contribution in [2.24, 2.45) is 16.8 Å². The highest BCUT2D eigenvalue weighted by Crippen LogP contribution is 2.37. The highest BCUT2D eigenvalue weighted by atomic mass is 16.4. The fourth-order valence-corrected chi connectivity index (χ4v) is 3.93. The third-order valence-corrected chi connectivity index (χ3v) is 4.88. The lowest BCUT2D eigenvalue weighted by atomic mass is 9.91. The summed E-state index contributed by atoms with van der Waals surface area (Å²) < 4.78 is 0. The van der Waals surface area contributed by atoms with Gasteiger partial charge in [-0.1, -0.05) is 35.8 Å². The largest absolute Gasteiger partial charge is 0.409 e. The van der Waals surface area contributed by atoms with Gasteiger partial charge in [-0.25, -0.2) is 0 Å². The molecule has 1 saturated carbocycles. The summed E-state index contributed by atoms with van der Waals surface area (Å²) in [7, 11) is 0. The zero-order valence-corrected chi connectivity index (χ0v) is 11.8. The van der Waals surface area contributed by atoms with Crippen LogP contribution in [0.4, 0.5) is 0 Å². The van der Waals surface area contributed by atoms with Crippen molar-refractivity contribution >= 4 is 5.84 Å². The molecule has 108 valence electrons. The average Bonchev–Trinajstić information content (AvgIpc) is 2.96. The summed E-state index contributed by atoms with van der Waals surface area (Å²) in [5.41, 5.74) is 7.81. The smallest absolute Gasteiger partial charge is 0.170 e. The van der Waals surface area contributed by atoms with E-state index in [2.05, 4.69) is 16.1 Å². The number of rotatable bonds is 3. The van der Waals surface area contributed by atoms with Crippen molar-refractivity contribution in [3.05, 3.63) is 35.4 Å². The van der Waals surface area contributed by atoms with E-state index in [4.69, 9.17) is 10.9 Å². The monoisotopic (exact) mass is 273 g/mol. The van der Waals surface area contributed by atoms with Gasteiger partial charge in [0, 0.05) is 18.2 Å². The molecule has 1 heterocycles. The number of amidine groups is 1. The predicted molar refractivity (Wildman–Crippen MR) is 79.7 cm³/mol. The summed E-state index contributed by atoms with van der Waals surface area (Å²) in [6.07, 6.45) is 6.78. The number of piperidine rings is 1. The van der Waals surface area contributed by atoms with Gasteiger partial charge in [0.2, 0.25) is 0 Å². The van der Waals surface area contributed by atoms with Crippen molar-refractivity contribution in [3.63, 3.8) is 0 Å². The van der Waals surface area contributed by atoms with E-state index >= 15 is 0 Å². The molecule has 0 radical (unpaired) electrons. The molecule has 2 aliphatic rings. The molecule has 2 fully saturated rings. The van der Waals surface area contributed by atoms with Crippen molar-refractivity contribution in [1.82, 2.24) is 4.90 Å². The van der Waals surface area contributed by atoms with Gasteiger partial charge in [-0.05, 0) is 43.7 Å². The maximum Gasteiger partial charge on any atom is 0.170 e. The summed E-state index contributed by atoms with van der Waals surface area (Å²) in [4.78, 5) is 2.60. The van der Waals surface area contributed by atoms with Crippen LogP contribution in [0, 0.1) is 5.92 Å². The Kier molecular flexibility index (Phi) is 3.92. The minimum atomic E-state index is 0.209. The first-order valence-corrected chi connectivity index (χ1v) is 7.59. The standard InChI is InChI=1S/C16H23N3O/c17-16(18-20)14-8-2-1-5-13(14)11-19-10-4-7-12-6-3-9-15(12)19/h1-2,5,8,12,15,20H,3-4,6-7,9-11H2,(H2,17,18). The normalized spacial score (nSPS) is 27.5. The van der Waals surface area contributed by atoms with Gasteiger partial charge in [-0.3, -0.25) is 4.90 Å². The van der Waals surface area contributed by atoms with Crippen LogP contribution in [0.2, 0.25) is 0 Å². The molecule has 1 saturated heterocycles. The lowest BCUT2D eigenvalue weighted by Gasteiger charge is -2.38. The lowest BCUT2D eigenvalue weighted by molar-refractivity contribution is 0.106. The Morgan fingerprint density at radius 3 is 2.90 bits per heavy atom. The van der Waals surface area contributed by atoms with Crippen LogP contribution in [-0.4, -0.2) is 28.5 Å². The second-order valence-corrected chi connectivity index (χ2v) is 6.01. The Labute approximate surface area is 120 Å². The van der Waals surface area contributed by atoms with E-state index in [0.717, 1.165) is 29.6 Å². The first kappa shape index (κ1) is 13.4. The number of nitrogens with two attached hydrogens (primary N) is 1. The van der Waals surface area contributed by atoms with Crippen LogP contribution in [0.5, 0.6) is 0 Å². The van der Waals surface area contributed by atoms with E-state index in [1.807, 2.05) is 18.2 Å². The number of hydrogen-bond acceptors (Lipinski definition) is 3. The quantitative estimate of drug-likeness (QED) is 0.385. The maximum atomic E-state index is 8.92. The van der Waals surface area contributed by atoms with E-state index in [9.17, 15) is 0 Å². The second kappa shape index (κ2) is 5.83. The van der Waals surface area contributed by atoms with Crippen LogP contribution in [0.3, 0.4) is 0 Å². The number of fused-ring (bicyclic) bond motifs is 1. The van der Waals surface area contributed by atoms with E-state index in [1.54, 1.807) is 0 Å². The molecular formula is C16H23N3O. The third-order valence-electron chi connectivity index (χ3n) is 4.88. The molecule has 0 aromatic heterocycles. The minimum absolute atomic E-state index is 0.209. The van der Waals surface area contributed by atoms with E-state index in [0.29, 0.717) is 0 Å². The highest BCUT2D eigenvalue weighted by Gasteiger charge is 2.34. The van der Waals surface area contributed by atoms with Crippen molar-refractivity contribution < 1.29 is 5.21 Å². The molecule has 0 spiro atoms. The van der Waals surface area contributed by atoms with Gasteiger partial charge in [0.15, 0.2) is 5.84 Å². The number of likely N-dealkylation sites (tertiary alicyclic amines) is 1. The lowest BCUT2D eigenvalue weighted by Crippen LogP contribution is -2.42. The first-order valence-electron chi connectivity index (χ1n) is 7.59. The molecule has 2 unspecified atom stereocenters. The average molecular weight is 273 g/mol. The summed E-state index contributed by atoms with van der Waals surface area (Å²) in [5, 5.41) is 12.1. The Morgan fingerprint density at radius 1 is 1.25 bits per heavy atom. The van der Waals surface area contributed by atoms with Crippen LogP contribution < -0.4 is 5.73 Å². The molecule has 1 aliphatic carbocycles. The van der Waals surface area contributed by atoms with Crippen LogP contribution in [-0.2, 0) is 6.54 Å². The second-order valence-electron chi connectivity index (χ2n) is 6.01. The molecule has 1 aromatic rings. The van der Waals surface area contributed by atoms with E-state index in [-0.39, 0.29) is 5.84 Å². The minimum Gasteiger partial charge on any atom is -0.409 e. The summed E-state index contributed by atoms with van der Waals surface area (Å²) in [6, 6.07) is 8.72. The molecule has 3 N–H and O–H groups in total. The van der Waals surface area contributed by atoms with Gasteiger partial charge in [0.1, 0.15) is 0 Å². The fourth-order valence-electron chi connectivity index (χ4n) is 3.93. The van der Waals surface area contributed by atoms with Crippen LogP contribution in [0.25, 0.3) is 0 Å². The summed E-state index contributed by atoms with van der Waals surface area (Å²) in [6.45, 7) is 2.08. The van der Waals surface area contributed by atoms with Crippen LogP contribution in [0.1, 0.15) is 43.2 Å². The Morgan fingerprint density at radius 2 is 2.05 bits per heavy atom. The topological polar surface area (TPSA) is 61.9 Å². The Hall–Kier alpha value is -1.55. The summed E-state index contributed by atoms with van der Waals surface area (Å²) in [5.74, 6) is 1.10. The maximum absolute atomic E-state index is 8.92. The SMILES string of the molecule is NC(=NO)c1ccccc1CN1CCCC2CCCC21. The van der Waals surface area contributed by atoms with Crippen LogP contribution >= 0.6 is 0 Å². The number of hydrogen-bond donors (Lipinski definition) is 2. The molecular weight excluding hydrogens is 250 g/mol. The highest BCUT2D eigenvalue weighted by molar-refractivity contribution is 5.98. The Bertz CT molecular complexity index is 500. The van der Waals surface area contributed by atoms with Crippen LogP contribution in [0.15, 0.2) is 29.4 Å². The van der Waals surface area contributed by atoms with Crippen molar-refractivity contribution in [3.8, 4) is 0 Å². The molecule has 4 nitrogen and oxygen atoms in total. The molecule has 1 aliphatic heterocycles. The van der Waals surface area contributed by atoms with Gasteiger partial charge in [-0.2, -0.15) is 0 Å². The fraction of sp³-hybridized carbons (Fsp3) is 0.562. The summed E-state index contributed by atoms with van der Waals surface area (Å²) >= 11 is 0. The number of oxime groups is 1. The van der Waals surface area contributed by atoms with E-state index in [1.165, 1.54) is 38.6 Å². The molecule has 3 rings (SSSR count). The van der Waals surface area contributed by atoms with Gasteiger partial charge < -0.3 is 10.9 Å². The number of nitrogens with zero attached hydrogens (tertiary/aromatic N) is 2. The van der Waals surface area contributed by atoms with Gasteiger partial charge in [-0.15, -0.1) is 0 Å². The molecule has 0 bridgehead atoms. The zero-order valence-electron chi connectivity index (χ0n) is 11.8. The Balaban J connectivity index is 1.80. The van der Waals surface area contributed by atoms with Gasteiger partial charge in [0.05, 0.1) is 0 Å².